The Morgan fingerprint density at radius 1 is 0.468 bits per heavy atom. The van der Waals surface area contributed by atoms with E-state index in [0.29, 0.717) is 0 Å². The highest BCUT2D eigenvalue weighted by Crippen LogP contribution is 2.42. The molecule has 7 aromatic rings. The van der Waals surface area contributed by atoms with E-state index in [1.54, 1.807) is 0 Å². The standard InChI is InChI=1S/C58H56N4/c1-6-8-21-47(7-2)59(56-26-15-18-44(3)41-56)50-29-31-51(32-30-50)60(52-33-37-54(38-34-52)61(48-22-11-9-12-23-48)57-27-16-19-45(4)42-57)53-35-39-55(40-36-53)62(49-24-13-10-14-25-49)58-28-17-20-46(5)43-58/h6,8-13,15-24,26-43H,7,14,25H2,1-5H3/b8-6-,47-21+. The summed E-state index contributed by atoms with van der Waals surface area (Å²) in [6.07, 6.45) is 16.0. The molecule has 0 aromatic heterocycles. The van der Waals surface area contributed by atoms with E-state index in [2.05, 4.69) is 267 Å². The highest BCUT2D eigenvalue weighted by molar-refractivity contribution is 5.83. The lowest BCUT2D eigenvalue weighted by molar-refractivity contribution is 0.917. The number of benzene rings is 7. The Bertz CT molecular complexity index is 2710. The van der Waals surface area contributed by atoms with Gasteiger partial charge in [-0.25, -0.2) is 0 Å². The zero-order chi connectivity index (χ0) is 42.8. The normalized spacial score (nSPS) is 12.6. The maximum atomic E-state index is 2.41. The molecule has 0 spiro atoms. The van der Waals surface area contributed by atoms with Gasteiger partial charge in [-0.2, -0.15) is 0 Å². The summed E-state index contributed by atoms with van der Waals surface area (Å²) >= 11 is 0. The van der Waals surface area contributed by atoms with Crippen LogP contribution in [0.5, 0.6) is 0 Å². The number of allylic oxidation sites excluding steroid dienone is 8. The van der Waals surface area contributed by atoms with Crippen molar-refractivity contribution in [3.63, 3.8) is 0 Å². The van der Waals surface area contributed by atoms with Crippen molar-refractivity contribution in [1.29, 1.82) is 0 Å². The summed E-state index contributed by atoms with van der Waals surface area (Å²) in [5.74, 6) is 0. The Hall–Kier alpha value is -7.30. The van der Waals surface area contributed by atoms with E-state index in [9.17, 15) is 0 Å². The van der Waals surface area contributed by atoms with Crippen molar-refractivity contribution in [3.8, 4) is 0 Å². The smallest absolute Gasteiger partial charge is 0.0464 e. The van der Waals surface area contributed by atoms with Crippen LogP contribution in [0, 0.1) is 20.8 Å². The molecular weight excluding hydrogens is 753 g/mol. The average molecular weight is 809 g/mol. The maximum Gasteiger partial charge on any atom is 0.0464 e. The van der Waals surface area contributed by atoms with Crippen molar-refractivity contribution in [3.05, 3.63) is 240 Å². The van der Waals surface area contributed by atoms with E-state index in [-0.39, 0.29) is 0 Å². The molecule has 8 rings (SSSR count). The second-order valence-corrected chi connectivity index (χ2v) is 15.9. The van der Waals surface area contributed by atoms with Crippen LogP contribution in [0.2, 0.25) is 0 Å². The van der Waals surface area contributed by atoms with Crippen LogP contribution in [-0.2, 0) is 0 Å². The molecule has 4 nitrogen and oxygen atoms in total. The van der Waals surface area contributed by atoms with E-state index in [1.165, 1.54) is 33.8 Å². The van der Waals surface area contributed by atoms with Crippen LogP contribution in [0.3, 0.4) is 0 Å². The molecule has 0 amide bonds. The van der Waals surface area contributed by atoms with Gasteiger partial charge in [0.15, 0.2) is 0 Å². The molecule has 4 heteroatoms. The molecule has 0 unspecified atom stereocenters. The van der Waals surface area contributed by atoms with Crippen molar-refractivity contribution >= 4 is 56.9 Å². The van der Waals surface area contributed by atoms with Crippen molar-refractivity contribution in [2.24, 2.45) is 0 Å². The molecule has 7 aromatic carbocycles. The lowest BCUT2D eigenvalue weighted by Crippen LogP contribution is -2.18. The summed E-state index contributed by atoms with van der Waals surface area (Å²) in [7, 11) is 0. The van der Waals surface area contributed by atoms with Gasteiger partial charge in [0.05, 0.1) is 0 Å². The molecule has 1 aliphatic carbocycles. The van der Waals surface area contributed by atoms with Crippen molar-refractivity contribution in [2.75, 3.05) is 19.6 Å². The van der Waals surface area contributed by atoms with E-state index < -0.39 is 0 Å². The Kier molecular flexibility index (Phi) is 13.0. The molecule has 0 N–H and O–H groups in total. The summed E-state index contributed by atoms with van der Waals surface area (Å²) in [6, 6.07) is 63.9. The minimum absolute atomic E-state index is 0.889. The Labute approximate surface area is 369 Å². The van der Waals surface area contributed by atoms with E-state index >= 15 is 0 Å². The number of aryl methyl sites for hydroxylation is 3. The van der Waals surface area contributed by atoms with Gasteiger partial charge in [-0.3, -0.25) is 0 Å². The molecular formula is C58H56N4. The Morgan fingerprint density at radius 2 is 0.887 bits per heavy atom. The minimum atomic E-state index is 0.889. The molecule has 0 fully saturated rings. The molecule has 0 atom stereocenters. The average Bonchev–Trinajstić information content (AvgIpc) is 3.30. The topological polar surface area (TPSA) is 13.0 Å². The first-order valence-electron chi connectivity index (χ1n) is 21.8. The number of hydrogen-bond donors (Lipinski definition) is 0. The fourth-order valence-electron chi connectivity index (χ4n) is 8.32. The third kappa shape index (κ3) is 9.36. The summed E-state index contributed by atoms with van der Waals surface area (Å²) in [6.45, 7) is 10.8. The number of para-hydroxylation sites is 1. The fraction of sp³-hybridized carbons (Fsp3) is 0.138. The first kappa shape index (κ1) is 41.4. The van der Waals surface area contributed by atoms with Crippen molar-refractivity contribution in [2.45, 2.75) is 53.9 Å². The molecule has 0 heterocycles. The van der Waals surface area contributed by atoms with Gasteiger partial charge in [0.2, 0.25) is 0 Å². The van der Waals surface area contributed by atoms with Crippen LogP contribution in [0.1, 0.15) is 49.8 Å². The first-order valence-corrected chi connectivity index (χ1v) is 21.8. The van der Waals surface area contributed by atoms with Crippen LogP contribution >= 0.6 is 0 Å². The molecule has 0 saturated heterocycles. The lowest BCUT2D eigenvalue weighted by Gasteiger charge is -2.31. The van der Waals surface area contributed by atoms with Gasteiger partial charge in [0.25, 0.3) is 0 Å². The molecule has 0 bridgehead atoms. The zero-order valence-corrected chi connectivity index (χ0v) is 36.6. The van der Waals surface area contributed by atoms with Gasteiger partial charge < -0.3 is 19.6 Å². The lowest BCUT2D eigenvalue weighted by atomic mass is 10.1. The second kappa shape index (κ2) is 19.4. The SMILES string of the molecule is C/C=C\C=C(/CC)N(c1ccc(N(c2ccc(N(C3=CC=CCC3)c3cccc(C)c3)cc2)c2ccc(N(c3ccccc3)c3cccc(C)c3)cc2)cc1)c1cccc(C)c1. The van der Waals surface area contributed by atoms with Crippen LogP contribution in [0.4, 0.5) is 56.9 Å². The molecule has 0 radical (unpaired) electrons. The predicted octanol–water partition coefficient (Wildman–Crippen LogP) is 16.9. The minimum Gasteiger partial charge on any atom is -0.314 e. The Balaban J connectivity index is 1.22. The van der Waals surface area contributed by atoms with Crippen molar-refractivity contribution in [1.82, 2.24) is 0 Å². The fourth-order valence-corrected chi connectivity index (χ4v) is 8.32. The third-order valence-corrected chi connectivity index (χ3v) is 11.3. The maximum absolute atomic E-state index is 2.41. The largest absolute Gasteiger partial charge is 0.314 e. The van der Waals surface area contributed by atoms with Gasteiger partial charge in [-0.1, -0.05) is 85.8 Å². The molecule has 1 aliphatic rings. The summed E-state index contributed by atoms with van der Waals surface area (Å²) in [4.78, 5) is 9.48. The number of rotatable bonds is 14. The van der Waals surface area contributed by atoms with E-state index in [0.717, 1.165) is 70.4 Å². The van der Waals surface area contributed by atoms with Crippen LogP contribution < -0.4 is 19.6 Å². The second-order valence-electron chi connectivity index (χ2n) is 15.9. The van der Waals surface area contributed by atoms with E-state index in [1.807, 2.05) is 0 Å². The van der Waals surface area contributed by atoms with Crippen molar-refractivity contribution < 1.29 is 0 Å². The Morgan fingerprint density at radius 3 is 1.35 bits per heavy atom. The van der Waals surface area contributed by atoms with Gasteiger partial charge in [0.1, 0.15) is 0 Å². The van der Waals surface area contributed by atoms with Gasteiger partial charge in [-0.05, 0) is 197 Å². The van der Waals surface area contributed by atoms with Gasteiger partial charge in [0, 0.05) is 68.3 Å². The van der Waals surface area contributed by atoms with Crippen LogP contribution in [-0.4, -0.2) is 0 Å². The van der Waals surface area contributed by atoms with Gasteiger partial charge in [-0.15, -0.1) is 0 Å². The van der Waals surface area contributed by atoms with Gasteiger partial charge >= 0.3 is 0 Å². The summed E-state index contributed by atoms with van der Waals surface area (Å²) in [5.41, 5.74) is 17.3. The van der Waals surface area contributed by atoms with E-state index in [4.69, 9.17) is 0 Å². The number of nitrogens with zero attached hydrogens (tertiary/aromatic N) is 4. The molecule has 0 aliphatic heterocycles. The first-order chi connectivity index (χ1) is 30.4. The number of hydrogen-bond acceptors (Lipinski definition) is 4. The third-order valence-electron chi connectivity index (χ3n) is 11.3. The predicted molar refractivity (Wildman–Crippen MR) is 267 cm³/mol. The molecule has 0 saturated carbocycles. The summed E-state index contributed by atoms with van der Waals surface area (Å²) in [5, 5.41) is 0. The quantitative estimate of drug-likeness (QED) is 0.101. The molecule has 308 valence electrons. The monoisotopic (exact) mass is 808 g/mol. The van der Waals surface area contributed by atoms with Crippen LogP contribution in [0.25, 0.3) is 0 Å². The highest BCUT2D eigenvalue weighted by Gasteiger charge is 2.20. The highest BCUT2D eigenvalue weighted by atomic mass is 15.2. The zero-order valence-electron chi connectivity index (χ0n) is 36.6. The van der Waals surface area contributed by atoms with Crippen LogP contribution in [0.15, 0.2) is 224 Å². The summed E-state index contributed by atoms with van der Waals surface area (Å²) < 4.78 is 0. The number of anilines is 10. The molecule has 62 heavy (non-hydrogen) atoms.